The molecule has 4 aromatic rings. The minimum Gasteiger partial charge on any atom is -0.329 e. The second-order valence-electron chi connectivity index (χ2n) is 6.05. The van der Waals surface area contributed by atoms with Crippen molar-refractivity contribution < 1.29 is 0 Å². The number of hydrogen-bond donors (Lipinski definition) is 0. The van der Waals surface area contributed by atoms with Crippen LogP contribution in [0.15, 0.2) is 61.1 Å². The highest BCUT2D eigenvalue weighted by Crippen LogP contribution is 2.27. The summed E-state index contributed by atoms with van der Waals surface area (Å²) in [4.78, 5) is 4.25. The fraction of sp³-hybridized carbons (Fsp3) is 0.150. The van der Waals surface area contributed by atoms with Gasteiger partial charge in [-0.05, 0) is 47.9 Å². The van der Waals surface area contributed by atoms with Gasteiger partial charge in [-0.15, -0.1) is 0 Å². The van der Waals surface area contributed by atoms with Crippen molar-refractivity contribution >= 4 is 10.8 Å². The van der Waals surface area contributed by atoms with Gasteiger partial charge in [-0.2, -0.15) is 10.2 Å². The normalized spacial score (nSPS) is 11.1. The van der Waals surface area contributed by atoms with E-state index >= 15 is 0 Å². The van der Waals surface area contributed by atoms with Gasteiger partial charge in [-0.25, -0.2) is 4.98 Å². The number of rotatable bonds is 3. The second-order valence-corrected chi connectivity index (χ2v) is 6.05. The molecular formula is C20H18N4. The Balaban J connectivity index is 1.74. The largest absolute Gasteiger partial charge is 0.329 e. The van der Waals surface area contributed by atoms with E-state index in [0.29, 0.717) is 6.54 Å². The summed E-state index contributed by atoms with van der Waals surface area (Å²) in [6, 6.07) is 15.0. The lowest BCUT2D eigenvalue weighted by molar-refractivity contribution is 0.727. The van der Waals surface area contributed by atoms with Crippen molar-refractivity contribution in [1.29, 1.82) is 0 Å². The third-order valence-electron chi connectivity index (χ3n) is 4.36. The van der Waals surface area contributed by atoms with Crippen LogP contribution >= 0.6 is 0 Å². The van der Waals surface area contributed by atoms with Crippen molar-refractivity contribution in [3.63, 3.8) is 0 Å². The van der Waals surface area contributed by atoms with E-state index in [9.17, 15) is 0 Å². The molecule has 0 saturated carbocycles. The Bertz CT molecular complexity index is 1020. The first-order valence-corrected chi connectivity index (χ1v) is 8.00. The third-order valence-corrected chi connectivity index (χ3v) is 4.36. The molecule has 24 heavy (non-hydrogen) atoms. The monoisotopic (exact) mass is 314 g/mol. The fourth-order valence-electron chi connectivity index (χ4n) is 3.06. The van der Waals surface area contributed by atoms with E-state index in [1.54, 1.807) is 6.20 Å². The lowest BCUT2D eigenvalue weighted by Gasteiger charge is -2.09. The van der Waals surface area contributed by atoms with Gasteiger partial charge in [0.25, 0.3) is 0 Å². The average molecular weight is 314 g/mol. The van der Waals surface area contributed by atoms with Gasteiger partial charge in [0.05, 0.1) is 18.4 Å². The number of aryl methyl sites for hydroxylation is 2. The Kier molecular flexibility index (Phi) is 3.58. The summed E-state index contributed by atoms with van der Waals surface area (Å²) >= 11 is 0. The van der Waals surface area contributed by atoms with Crippen LogP contribution in [0.3, 0.4) is 0 Å². The van der Waals surface area contributed by atoms with Crippen molar-refractivity contribution in [3.05, 3.63) is 78.1 Å². The predicted octanol–water partition coefficient (Wildman–Crippen LogP) is 4.16. The first-order chi connectivity index (χ1) is 11.7. The summed E-state index contributed by atoms with van der Waals surface area (Å²) < 4.78 is 2.07. The molecule has 0 N–H and O–H groups in total. The van der Waals surface area contributed by atoms with Crippen LogP contribution in [-0.2, 0) is 6.54 Å². The standard InChI is InChI=1S/C20H18N4/c1-14-9-17(10-16-5-3-4-6-20(14)16)18-11-19(23-22-12-18)13-24-8-7-21-15(24)2/h3-12H,13H2,1-2H3. The maximum absolute atomic E-state index is 4.27. The smallest absolute Gasteiger partial charge is 0.105 e. The van der Waals surface area contributed by atoms with Crippen LogP contribution in [0.25, 0.3) is 21.9 Å². The van der Waals surface area contributed by atoms with Crippen LogP contribution in [0.4, 0.5) is 0 Å². The molecule has 118 valence electrons. The molecule has 0 aliphatic rings. The zero-order chi connectivity index (χ0) is 16.5. The van der Waals surface area contributed by atoms with E-state index in [1.165, 1.54) is 21.9 Å². The van der Waals surface area contributed by atoms with E-state index in [-0.39, 0.29) is 0 Å². The number of imidazole rings is 1. The Morgan fingerprint density at radius 1 is 1.00 bits per heavy atom. The van der Waals surface area contributed by atoms with Gasteiger partial charge in [0.15, 0.2) is 0 Å². The van der Waals surface area contributed by atoms with Gasteiger partial charge in [0.2, 0.25) is 0 Å². The van der Waals surface area contributed by atoms with Crippen LogP contribution < -0.4 is 0 Å². The summed E-state index contributed by atoms with van der Waals surface area (Å²) in [7, 11) is 0. The second kappa shape index (κ2) is 5.89. The van der Waals surface area contributed by atoms with Crippen molar-refractivity contribution in [2.45, 2.75) is 20.4 Å². The maximum atomic E-state index is 4.27. The molecule has 2 aromatic carbocycles. The van der Waals surface area contributed by atoms with Crippen molar-refractivity contribution in [2.75, 3.05) is 0 Å². The highest BCUT2D eigenvalue weighted by atomic mass is 15.1. The van der Waals surface area contributed by atoms with E-state index < -0.39 is 0 Å². The van der Waals surface area contributed by atoms with E-state index in [4.69, 9.17) is 0 Å². The average Bonchev–Trinajstić information content (AvgIpc) is 3.00. The van der Waals surface area contributed by atoms with Gasteiger partial charge in [0.1, 0.15) is 5.82 Å². The first-order valence-electron chi connectivity index (χ1n) is 8.00. The van der Waals surface area contributed by atoms with Crippen LogP contribution in [0.5, 0.6) is 0 Å². The molecule has 4 nitrogen and oxygen atoms in total. The van der Waals surface area contributed by atoms with Gasteiger partial charge >= 0.3 is 0 Å². The lowest BCUT2D eigenvalue weighted by atomic mass is 9.98. The Labute approximate surface area is 140 Å². The SMILES string of the molecule is Cc1cc(-c2cnnc(Cn3ccnc3C)c2)cc2ccccc12. The Morgan fingerprint density at radius 2 is 1.88 bits per heavy atom. The maximum Gasteiger partial charge on any atom is 0.105 e. The van der Waals surface area contributed by atoms with Crippen molar-refractivity contribution in [3.8, 4) is 11.1 Å². The number of nitrogens with zero attached hydrogens (tertiary/aromatic N) is 4. The Hall–Kier alpha value is -3.01. The lowest BCUT2D eigenvalue weighted by Crippen LogP contribution is -2.04. The van der Waals surface area contributed by atoms with Crippen molar-refractivity contribution in [2.24, 2.45) is 0 Å². The third kappa shape index (κ3) is 2.67. The minimum absolute atomic E-state index is 0.680. The van der Waals surface area contributed by atoms with Crippen molar-refractivity contribution in [1.82, 2.24) is 19.7 Å². The van der Waals surface area contributed by atoms with Gasteiger partial charge in [-0.3, -0.25) is 0 Å². The molecule has 2 aromatic heterocycles. The van der Waals surface area contributed by atoms with Crippen LogP contribution in [-0.4, -0.2) is 19.7 Å². The molecule has 4 rings (SSSR count). The molecule has 0 amide bonds. The summed E-state index contributed by atoms with van der Waals surface area (Å²) in [6.45, 7) is 4.82. The summed E-state index contributed by atoms with van der Waals surface area (Å²) in [5, 5.41) is 11.0. The highest BCUT2D eigenvalue weighted by Gasteiger charge is 2.06. The molecule has 0 bridgehead atoms. The topological polar surface area (TPSA) is 43.6 Å². The molecule has 0 aliphatic carbocycles. The van der Waals surface area contributed by atoms with E-state index in [0.717, 1.165) is 17.1 Å². The van der Waals surface area contributed by atoms with E-state index in [1.807, 2.05) is 19.3 Å². The zero-order valence-electron chi connectivity index (χ0n) is 13.8. The molecule has 4 heteroatoms. The quantitative estimate of drug-likeness (QED) is 0.570. The molecule has 0 unspecified atom stereocenters. The number of benzene rings is 2. The van der Waals surface area contributed by atoms with Crippen LogP contribution in [0.1, 0.15) is 17.1 Å². The molecule has 2 heterocycles. The van der Waals surface area contributed by atoms with Crippen LogP contribution in [0, 0.1) is 13.8 Å². The number of hydrogen-bond acceptors (Lipinski definition) is 3. The predicted molar refractivity (Wildman–Crippen MR) is 95.8 cm³/mol. The molecular weight excluding hydrogens is 296 g/mol. The molecule has 0 radical (unpaired) electrons. The zero-order valence-corrected chi connectivity index (χ0v) is 13.8. The fourth-order valence-corrected chi connectivity index (χ4v) is 3.06. The summed E-state index contributed by atoms with van der Waals surface area (Å²) in [5.41, 5.74) is 4.46. The minimum atomic E-state index is 0.680. The molecule has 0 fully saturated rings. The molecule has 0 atom stereocenters. The Morgan fingerprint density at radius 3 is 2.71 bits per heavy atom. The number of fused-ring (bicyclic) bond motifs is 1. The van der Waals surface area contributed by atoms with Gasteiger partial charge in [0, 0.05) is 18.0 Å². The highest BCUT2D eigenvalue weighted by molar-refractivity contribution is 5.90. The van der Waals surface area contributed by atoms with E-state index in [2.05, 4.69) is 69.1 Å². The van der Waals surface area contributed by atoms with Gasteiger partial charge in [-0.1, -0.05) is 30.3 Å². The first kappa shape index (κ1) is 14.6. The molecule has 0 saturated heterocycles. The summed E-state index contributed by atoms with van der Waals surface area (Å²) in [6.07, 6.45) is 5.59. The van der Waals surface area contributed by atoms with Gasteiger partial charge < -0.3 is 4.57 Å². The molecule has 0 spiro atoms. The van der Waals surface area contributed by atoms with Crippen LogP contribution in [0.2, 0.25) is 0 Å². The number of aromatic nitrogens is 4. The molecule has 0 aliphatic heterocycles. The summed E-state index contributed by atoms with van der Waals surface area (Å²) in [5.74, 6) is 0.976.